The maximum Gasteiger partial charge on any atom is 0.234 e. The Kier molecular flexibility index (Phi) is 7.06. The van der Waals surface area contributed by atoms with Crippen LogP contribution in [0.15, 0.2) is 71.9 Å². The molecule has 0 spiro atoms. The molecule has 0 aliphatic rings. The van der Waals surface area contributed by atoms with Crippen LogP contribution in [0.4, 0.5) is 5.69 Å². The highest BCUT2D eigenvalue weighted by atomic mass is 35.5. The van der Waals surface area contributed by atoms with Crippen LogP contribution in [0.25, 0.3) is 17.1 Å². The van der Waals surface area contributed by atoms with E-state index in [1.165, 1.54) is 11.8 Å². The monoisotopic (exact) mass is 502 g/mol. The summed E-state index contributed by atoms with van der Waals surface area (Å²) in [5.74, 6) is 0.594. The molecule has 1 aromatic heterocycles. The van der Waals surface area contributed by atoms with Crippen molar-refractivity contribution in [3.05, 3.63) is 87.4 Å². The summed E-state index contributed by atoms with van der Waals surface area (Å²) in [6.45, 7) is 2.03. The van der Waals surface area contributed by atoms with Gasteiger partial charge in [0.25, 0.3) is 0 Å². The van der Waals surface area contributed by atoms with Crippen molar-refractivity contribution in [1.82, 2.24) is 14.8 Å². The van der Waals surface area contributed by atoms with Gasteiger partial charge in [0.15, 0.2) is 11.0 Å². The first-order valence-electron chi connectivity index (χ1n) is 9.56. The standard InChI is InChI=1S/C23H17Cl3N4OS/c1-14-2-4-15(5-3-14)22-28-29-23(30(22)20-8-6-16(24)7-9-20)32-13-21(31)27-19-11-17(25)10-18(26)12-19/h2-12H,13H2,1H3,(H,27,31). The average Bonchev–Trinajstić information content (AvgIpc) is 3.16. The number of anilines is 1. The third-order valence-corrected chi connectivity index (χ3v) is 6.12. The highest BCUT2D eigenvalue weighted by Crippen LogP contribution is 2.29. The van der Waals surface area contributed by atoms with Gasteiger partial charge in [0.1, 0.15) is 0 Å². The number of carbonyl (C=O) groups is 1. The van der Waals surface area contributed by atoms with E-state index in [2.05, 4.69) is 15.5 Å². The average molecular weight is 504 g/mol. The molecule has 0 unspecified atom stereocenters. The zero-order valence-corrected chi connectivity index (χ0v) is 19.9. The molecule has 4 aromatic rings. The maximum atomic E-state index is 12.5. The van der Waals surface area contributed by atoms with Crippen LogP contribution in [-0.4, -0.2) is 26.4 Å². The Morgan fingerprint density at radius 1 is 0.906 bits per heavy atom. The topological polar surface area (TPSA) is 59.8 Å². The van der Waals surface area contributed by atoms with Gasteiger partial charge in [0.05, 0.1) is 5.75 Å². The summed E-state index contributed by atoms with van der Waals surface area (Å²) in [7, 11) is 0. The molecule has 0 aliphatic carbocycles. The van der Waals surface area contributed by atoms with Gasteiger partial charge in [-0.05, 0) is 49.4 Å². The first-order valence-corrected chi connectivity index (χ1v) is 11.7. The normalized spacial score (nSPS) is 10.9. The van der Waals surface area contributed by atoms with E-state index in [1.807, 2.05) is 47.9 Å². The van der Waals surface area contributed by atoms with Gasteiger partial charge in [-0.1, -0.05) is 76.4 Å². The lowest BCUT2D eigenvalue weighted by Gasteiger charge is -2.11. The zero-order valence-electron chi connectivity index (χ0n) is 16.8. The number of rotatable bonds is 6. The molecule has 5 nitrogen and oxygen atoms in total. The van der Waals surface area contributed by atoms with Gasteiger partial charge in [-0.2, -0.15) is 0 Å². The second-order valence-electron chi connectivity index (χ2n) is 6.98. The maximum absolute atomic E-state index is 12.5. The minimum absolute atomic E-state index is 0.129. The molecule has 1 N–H and O–H groups in total. The molecule has 1 amide bonds. The van der Waals surface area contributed by atoms with Crippen molar-refractivity contribution in [2.75, 3.05) is 11.1 Å². The van der Waals surface area contributed by atoms with E-state index in [4.69, 9.17) is 34.8 Å². The number of nitrogens with zero attached hydrogens (tertiary/aromatic N) is 3. The summed E-state index contributed by atoms with van der Waals surface area (Å²) in [4.78, 5) is 12.5. The highest BCUT2D eigenvalue weighted by molar-refractivity contribution is 7.99. The van der Waals surface area contributed by atoms with E-state index < -0.39 is 0 Å². The molecule has 3 aromatic carbocycles. The van der Waals surface area contributed by atoms with Crippen molar-refractivity contribution >= 4 is 58.2 Å². The van der Waals surface area contributed by atoms with Gasteiger partial charge in [0, 0.05) is 32.0 Å². The van der Waals surface area contributed by atoms with Crippen molar-refractivity contribution < 1.29 is 4.79 Å². The predicted octanol–water partition coefficient (Wildman–Crippen LogP) is 6.93. The third-order valence-electron chi connectivity index (χ3n) is 4.51. The number of hydrogen-bond donors (Lipinski definition) is 1. The molecule has 162 valence electrons. The Labute approximate surface area is 204 Å². The Morgan fingerprint density at radius 3 is 2.22 bits per heavy atom. The number of amides is 1. The summed E-state index contributed by atoms with van der Waals surface area (Å²) in [5, 5.41) is 13.7. The largest absolute Gasteiger partial charge is 0.325 e. The van der Waals surface area contributed by atoms with Gasteiger partial charge < -0.3 is 5.32 Å². The number of carbonyl (C=O) groups excluding carboxylic acids is 1. The van der Waals surface area contributed by atoms with Crippen LogP contribution in [0.1, 0.15) is 5.56 Å². The summed E-state index contributed by atoms with van der Waals surface area (Å²) >= 11 is 19.4. The summed E-state index contributed by atoms with van der Waals surface area (Å²) < 4.78 is 1.91. The molecule has 0 atom stereocenters. The van der Waals surface area contributed by atoms with Crippen LogP contribution in [0, 0.1) is 6.92 Å². The molecule has 0 fully saturated rings. The molecule has 9 heteroatoms. The Bertz CT molecular complexity index is 1240. The molecule has 32 heavy (non-hydrogen) atoms. The van der Waals surface area contributed by atoms with Crippen molar-refractivity contribution in [1.29, 1.82) is 0 Å². The van der Waals surface area contributed by atoms with E-state index >= 15 is 0 Å². The number of aromatic nitrogens is 3. The Hall–Kier alpha value is -2.51. The van der Waals surface area contributed by atoms with E-state index in [9.17, 15) is 4.79 Å². The Morgan fingerprint density at radius 2 is 1.56 bits per heavy atom. The number of nitrogens with one attached hydrogen (secondary N) is 1. The minimum atomic E-state index is -0.212. The van der Waals surface area contributed by atoms with Crippen molar-refractivity contribution in [2.45, 2.75) is 12.1 Å². The molecule has 0 saturated carbocycles. The molecule has 0 radical (unpaired) electrons. The van der Waals surface area contributed by atoms with Crippen LogP contribution < -0.4 is 5.32 Å². The van der Waals surface area contributed by atoms with Crippen molar-refractivity contribution in [3.63, 3.8) is 0 Å². The second-order valence-corrected chi connectivity index (χ2v) is 9.23. The van der Waals surface area contributed by atoms with E-state index in [-0.39, 0.29) is 11.7 Å². The lowest BCUT2D eigenvalue weighted by molar-refractivity contribution is -0.113. The molecule has 0 saturated heterocycles. The lowest BCUT2D eigenvalue weighted by atomic mass is 10.1. The minimum Gasteiger partial charge on any atom is -0.325 e. The summed E-state index contributed by atoms with van der Waals surface area (Å²) in [6.07, 6.45) is 0. The number of aryl methyl sites for hydroxylation is 1. The fourth-order valence-electron chi connectivity index (χ4n) is 3.03. The number of thioether (sulfide) groups is 1. The van der Waals surface area contributed by atoms with Gasteiger partial charge in [-0.25, -0.2) is 0 Å². The van der Waals surface area contributed by atoms with E-state index in [0.717, 1.165) is 16.8 Å². The quantitative estimate of drug-likeness (QED) is 0.290. The van der Waals surface area contributed by atoms with Gasteiger partial charge >= 0.3 is 0 Å². The zero-order chi connectivity index (χ0) is 22.7. The number of hydrogen-bond acceptors (Lipinski definition) is 4. The fraction of sp³-hybridized carbons (Fsp3) is 0.0870. The highest BCUT2D eigenvalue weighted by Gasteiger charge is 2.17. The van der Waals surface area contributed by atoms with Crippen LogP contribution in [0.5, 0.6) is 0 Å². The van der Waals surface area contributed by atoms with Crippen molar-refractivity contribution in [2.24, 2.45) is 0 Å². The molecule has 4 rings (SSSR count). The third kappa shape index (κ3) is 5.45. The Balaban J connectivity index is 1.59. The first-order chi connectivity index (χ1) is 15.4. The van der Waals surface area contributed by atoms with Gasteiger partial charge in [0.2, 0.25) is 5.91 Å². The van der Waals surface area contributed by atoms with Crippen LogP contribution in [0.2, 0.25) is 15.1 Å². The molecule has 0 bridgehead atoms. The number of halogens is 3. The fourth-order valence-corrected chi connectivity index (χ4v) is 4.43. The molecule has 1 heterocycles. The first kappa shape index (κ1) is 22.7. The SMILES string of the molecule is Cc1ccc(-c2nnc(SCC(=O)Nc3cc(Cl)cc(Cl)c3)n2-c2ccc(Cl)cc2)cc1. The number of benzene rings is 3. The molecule has 0 aliphatic heterocycles. The van der Waals surface area contributed by atoms with Crippen LogP contribution >= 0.6 is 46.6 Å². The predicted molar refractivity (Wildman–Crippen MR) is 132 cm³/mol. The van der Waals surface area contributed by atoms with Gasteiger partial charge in [-0.15, -0.1) is 10.2 Å². The van der Waals surface area contributed by atoms with Crippen molar-refractivity contribution in [3.8, 4) is 17.1 Å². The second kappa shape index (κ2) is 9.96. The van der Waals surface area contributed by atoms with Gasteiger partial charge in [-0.3, -0.25) is 9.36 Å². The van der Waals surface area contributed by atoms with E-state index in [0.29, 0.717) is 31.7 Å². The van der Waals surface area contributed by atoms with Crippen LogP contribution in [-0.2, 0) is 4.79 Å². The van der Waals surface area contributed by atoms with Crippen LogP contribution in [0.3, 0.4) is 0 Å². The molecular formula is C23H17Cl3N4OS. The summed E-state index contributed by atoms with van der Waals surface area (Å²) in [6, 6.07) is 20.3. The summed E-state index contributed by atoms with van der Waals surface area (Å²) in [5.41, 5.74) is 3.45. The van der Waals surface area contributed by atoms with E-state index in [1.54, 1.807) is 30.3 Å². The lowest BCUT2D eigenvalue weighted by Crippen LogP contribution is -2.14. The smallest absolute Gasteiger partial charge is 0.234 e. The molecular weight excluding hydrogens is 487 g/mol.